The average Bonchev–Trinajstić information content (AvgIpc) is 2.94. The fourth-order valence-electron chi connectivity index (χ4n) is 3.64. The highest BCUT2D eigenvalue weighted by Crippen LogP contribution is 2.40. The molecule has 0 aliphatic rings. The van der Waals surface area contributed by atoms with Gasteiger partial charge < -0.3 is 29.5 Å². The summed E-state index contributed by atoms with van der Waals surface area (Å²) in [6, 6.07) is 23.6. The smallest absolute Gasteiger partial charge is 0.244 e. The Balaban J connectivity index is 0.000000877. The maximum Gasteiger partial charge on any atom is 0.244 e. The number of aliphatic hydroxyl groups excluding tert-OH is 3. The number of rotatable bonds is 13. The van der Waals surface area contributed by atoms with Crippen LogP contribution in [-0.2, 0) is 10.2 Å². The molecular formula is C29H33ClO7. The number of carbonyl (C=O) groups is 1. The molecule has 7 nitrogen and oxygen atoms in total. The Bertz CT molecular complexity index is 956. The van der Waals surface area contributed by atoms with Gasteiger partial charge in [-0.15, -0.1) is 0 Å². The molecule has 0 bridgehead atoms. The summed E-state index contributed by atoms with van der Waals surface area (Å²) in [5, 5.41) is 26.5. The highest BCUT2D eigenvalue weighted by atomic mass is 35.5. The standard InChI is InChI=1S/C26H30O6.C3H3ClO/c1-26(20-2-8-23(9-3-20)30-17-14-27,21-4-10-24(11-5-21)31-18-15-28)22-6-12-25(13-7-22)32-19-16-29;1-2-3(4)5/h2-13,27-29H,14-19H2,1H3;2H,1H2. The minimum absolute atomic E-state index is 0.0329. The van der Waals surface area contributed by atoms with Gasteiger partial charge in [0.05, 0.1) is 19.8 Å². The summed E-state index contributed by atoms with van der Waals surface area (Å²) in [6.07, 6.45) is 1.04. The van der Waals surface area contributed by atoms with E-state index >= 15 is 0 Å². The summed E-state index contributed by atoms with van der Waals surface area (Å²) in [6.45, 7) is 5.89. The number of ether oxygens (including phenoxy) is 3. The topological polar surface area (TPSA) is 105 Å². The second kappa shape index (κ2) is 15.7. The van der Waals surface area contributed by atoms with Crippen LogP contribution in [0.4, 0.5) is 0 Å². The molecule has 3 aromatic rings. The molecule has 0 fully saturated rings. The monoisotopic (exact) mass is 528 g/mol. The Morgan fingerprint density at radius 3 is 1.14 bits per heavy atom. The minimum Gasteiger partial charge on any atom is -0.491 e. The van der Waals surface area contributed by atoms with Crippen molar-refractivity contribution in [3.8, 4) is 17.2 Å². The summed E-state index contributed by atoms with van der Waals surface area (Å²) in [7, 11) is 0. The molecule has 0 amide bonds. The molecule has 0 aliphatic heterocycles. The summed E-state index contributed by atoms with van der Waals surface area (Å²) in [5.41, 5.74) is 2.74. The van der Waals surface area contributed by atoms with Gasteiger partial charge in [-0.1, -0.05) is 43.0 Å². The Labute approximate surface area is 222 Å². The van der Waals surface area contributed by atoms with E-state index in [0.717, 1.165) is 22.8 Å². The summed E-state index contributed by atoms with van der Waals surface area (Å²) in [4.78, 5) is 9.46. The van der Waals surface area contributed by atoms with Gasteiger partial charge in [-0.05, 0) is 77.7 Å². The van der Waals surface area contributed by atoms with E-state index in [9.17, 15) is 4.79 Å². The Morgan fingerprint density at radius 1 is 0.703 bits per heavy atom. The summed E-state index contributed by atoms with van der Waals surface area (Å²) < 4.78 is 16.6. The van der Waals surface area contributed by atoms with Crippen molar-refractivity contribution < 1.29 is 34.3 Å². The zero-order valence-corrected chi connectivity index (χ0v) is 21.6. The van der Waals surface area contributed by atoms with Crippen LogP contribution in [0.3, 0.4) is 0 Å². The number of halogens is 1. The zero-order valence-electron chi connectivity index (χ0n) is 20.8. The molecule has 198 valence electrons. The van der Waals surface area contributed by atoms with Gasteiger partial charge >= 0.3 is 0 Å². The molecule has 0 saturated heterocycles. The van der Waals surface area contributed by atoms with Gasteiger partial charge in [0, 0.05) is 5.41 Å². The van der Waals surface area contributed by atoms with Crippen molar-refractivity contribution in [3.63, 3.8) is 0 Å². The van der Waals surface area contributed by atoms with Crippen molar-refractivity contribution in [2.24, 2.45) is 0 Å². The first-order valence-electron chi connectivity index (χ1n) is 11.7. The first-order valence-corrected chi connectivity index (χ1v) is 12.1. The lowest BCUT2D eigenvalue weighted by Crippen LogP contribution is -2.25. The van der Waals surface area contributed by atoms with Crippen LogP contribution in [0.15, 0.2) is 85.5 Å². The van der Waals surface area contributed by atoms with E-state index in [0.29, 0.717) is 17.2 Å². The highest BCUT2D eigenvalue weighted by molar-refractivity contribution is 6.66. The third-order valence-corrected chi connectivity index (χ3v) is 5.69. The SMILES string of the molecule is C=CC(=O)Cl.CC(c1ccc(OCCO)cc1)(c1ccc(OCCO)cc1)c1ccc(OCCO)cc1. The molecule has 0 radical (unpaired) electrons. The molecule has 0 aromatic heterocycles. The average molecular weight is 529 g/mol. The zero-order chi connectivity index (χ0) is 27.1. The van der Waals surface area contributed by atoms with Gasteiger partial charge in [-0.25, -0.2) is 0 Å². The van der Waals surface area contributed by atoms with Crippen LogP contribution in [0.25, 0.3) is 0 Å². The van der Waals surface area contributed by atoms with Gasteiger partial charge in [0.25, 0.3) is 0 Å². The van der Waals surface area contributed by atoms with Crippen LogP contribution in [0.2, 0.25) is 0 Å². The third kappa shape index (κ3) is 8.91. The van der Waals surface area contributed by atoms with Gasteiger partial charge in [-0.3, -0.25) is 4.79 Å². The Kier molecular flexibility index (Phi) is 12.7. The largest absolute Gasteiger partial charge is 0.491 e. The van der Waals surface area contributed by atoms with E-state index < -0.39 is 10.7 Å². The molecular weight excluding hydrogens is 496 g/mol. The fraction of sp³-hybridized carbons (Fsp3) is 0.276. The van der Waals surface area contributed by atoms with Gasteiger partial charge in [0.15, 0.2) is 0 Å². The second-order valence-corrected chi connectivity index (χ2v) is 8.30. The molecule has 0 saturated carbocycles. The van der Waals surface area contributed by atoms with Crippen LogP contribution < -0.4 is 14.2 Å². The molecule has 0 unspecified atom stereocenters. The Morgan fingerprint density at radius 2 is 0.946 bits per heavy atom. The van der Waals surface area contributed by atoms with Crippen molar-refractivity contribution in [1.29, 1.82) is 0 Å². The summed E-state index contributed by atoms with van der Waals surface area (Å²) in [5.74, 6) is 2.10. The fourth-order valence-corrected chi connectivity index (χ4v) is 3.64. The number of hydrogen-bond acceptors (Lipinski definition) is 7. The lowest BCUT2D eigenvalue weighted by molar-refractivity contribution is -0.107. The van der Waals surface area contributed by atoms with E-state index in [2.05, 4.69) is 13.5 Å². The lowest BCUT2D eigenvalue weighted by Gasteiger charge is -2.32. The maximum absolute atomic E-state index is 9.46. The molecule has 0 spiro atoms. The minimum atomic E-state index is -0.509. The molecule has 3 aromatic carbocycles. The lowest BCUT2D eigenvalue weighted by atomic mass is 9.71. The van der Waals surface area contributed by atoms with E-state index in [1.807, 2.05) is 72.8 Å². The van der Waals surface area contributed by atoms with Crippen LogP contribution in [-0.4, -0.2) is 60.2 Å². The highest BCUT2D eigenvalue weighted by Gasteiger charge is 2.31. The first-order chi connectivity index (χ1) is 17.9. The molecule has 8 heteroatoms. The number of allylic oxidation sites excluding steroid dienone is 1. The molecule has 3 N–H and O–H groups in total. The predicted molar refractivity (Wildman–Crippen MR) is 144 cm³/mol. The third-order valence-electron chi connectivity index (χ3n) is 5.54. The van der Waals surface area contributed by atoms with Gasteiger partial charge in [0.2, 0.25) is 5.24 Å². The van der Waals surface area contributed by atoms with Crippen LogP contribution >= 0.6 is 11.6 Å². The number of aliphatic hydroxyl groups is 3. The molecule has 0 heterocycles. The quantitative estimate of drug-likeness (QED) is 0.174. The van der Waals surface area contributed by atoms with Crippen LogP contribution in [0.1, 0.15) is 23.6 Å². The van der Waals surface area contributed by atoms with Gasteiger partial charge in [-0.2, -0.15) is 0 Å². The number of carbonyl (C=O) groups excluding carboxylic acids is 1. The van der Waals surface area contributed by atoms with Crippen LogP contribution in [0.5, 0.6) is 17.2 Å². The number of benzene rings is 3. The van der Waals surface area contributed by atoms with Crippen LogP contribution in [0, 0.1) is 0 Å². The van der Waals surface area contributed by atoms with Crippen molar-refractivity contribution in [2.45, 2.75) is 12.3 Å². The van der Waals surface area contributed by atoms with Crippen molar-refractivity contribution in [1.82, 2.24) is 0 Å². The van der Waals surface area contributed by atoms with Crippen molar-refractivity contribution in [3.05, 3.63) is 102 Å². The van der Waals surface area contributed by atoms with Crippen molar-refractivity contribution >= 4 is 16.8 Å². The summed E-state index contributed by atoms with van der Waals surface area (Å²) >= 11 is 4.71. The second-order valence-electron chi connectivity index (χ2n) is 7.92. The van der Waals surface area contributed by atoms with Gasteiger partial charge in [0.1, 0.15) is 37.1 Å². The predicted octanol–water partition coefficient (Wildman–Crippen LogP) is 4.09. The Hall–Kier alpha value is -3.36. The first kappa shape index (κ1) is 29.9. The normalized spacial score (nSPS) is 10.6. The molecule has 0 atom stereocenters. The molecule has 0 aliphatic carbocycles. The number of hydrogen-bond donors (Lipinski definition) is 3. The maximum atomic E-state index is 9.46. The molecule has 37 heavy (non-hydrogen) atoms. The molecule has 3 rings (SSSR count). The van der Waals surface area contributed by atoms with E-state index in [1.54, 1.807) is 0 Å². The van der Waals surface area contributed by atoms with E-state index in [1.165, 1.54) is 0 Å². The van der Waals surface area contributed by atoms with E-state index in [4.69, 9.17) is 41.1 Å². The van der Waals surface area contributed by atoms with E-state index in [-0.39, 0.29) is 39.6 Å². The van der Waals surface area contributed by atoms with Crippen molar-refractivity contribution in [2.75, 3.05) is 39.6 Å².